The van der Waals surface area contributed by atoms with Crippen LogP contribution in [0.25, 0.3) is 11.6 Å². The molecule has 0 saturated heterocycles. The molecule has 0 spiro atoms. The summed E-state index contributed by atoms with van der Waals surface area (Å²) in [6.07, 6.45) is 2.48. The van der Waals surface area contributed by atoms with E-state index in [0.717, 1.165) is 30.2 Å². The number of furan rings is 1. The molecule has 0 bridgehead atoms. The molecule has 0 aliphatic carbocycles. The minimum absolute atomic E-state index is 0.546. The zero-order valence-electron chi connectivity index (χ0n) is 9.33. The van der Waals surface area contributed by atoms with E-state index in [-0.39, 0.29) is 0 Å². The van der Waals surface area contributed by atoms with Crippen molar-refractivity contribution < 1.29 is 4.42 Å². The van der Waals surface area contributed by atoms with E-state index >= 15 is 0 Å². The maximum Gasteiger partial charge on any atom is 0.177 e. The lowest BCUT2D eigenvalue weighted by Crippen LogP contribution is -2.12. The number of hydrogen-bond acceptors (Lipinski definition) is 3. The van der Waals surface area contributed by atoms with Crippen LogP contribution >= 0.6 is 11.6 Å². The highest BCUT2D eigenvalue weighted by atomic mass is 35.5. The number of rotatable bonds is 4. The van der Waals surface area contributed by atoms with Gasteiger partial charge in [0.2, 0.25) is 0 Å². The molecule has 0 saturated carbocycles. The fourth-order valence-corrected chi connectivity index (χ4v) is 1.94. The molecule has 0 amide bonds. The highest BCUT2D eigenvalue weighted by Crippen LogP contribution is 2.24. The number of nitrogens with zero attached hydrogens (tertiary/aromatic N) is 2. The van der Waals surface area contributed by atoms with Gasteiger partial charge in [0, 0.05) is 20.0 Å². The third kappa shape index (κ3) is 1.99. The van der Waals surface area contributed by atoms with Gasteiger partial charge in [0.25, 0.3) is 0 Å². The van der Waals surface area contributed by atoms with Crippen LogP contribution in [0.4, 0.5) is 0 Å². The SMILES string of the molecule is CNCCc1c(Cl)nc(-c2ccco2)n1C. The van der Waals surface area contributed by atoms with Gasteiger partial charge in [0.1, 0.15) is 0 Å². The third-order valence-electron chi connectivity index (χ3n) is 2.52. The van der Waals surface area contributed by atoms with Crippen molar-refractivity contribution in [2.24, 2.45) is 7.05 Å². The molecule has 5 heteroatoms. The topological polar surface area (TPSA) is 43.0 Å². The average molecular weight is 240 g/mol. The van der Waals surface area contributed by atoms with E-state index in [1.807, 2.05) is 30.8 Å². The highest BCUT2D eigenvalue weighted by Gasteiger charge is 2.15. The first kappa shape index (κ1) is 11.2. The average Bonchev–Trinajstić information content (AvgIpc) is 2.86. The van der Waals surface area contributed by atoms with E-state index < -0.39 is 0 Å². The van der Waals surface area contributed by atoms with Crippen LogP contribution in [0.2, 0.25) is 5.15 Å². The Hall–Kier alpha value is -1.26. The van der Waals surface area contributed by atoms with Crippen molar-refractivity contribution >= 4 is 11.6 Å². The van der Waals surface area contributed by atoms with Crippen LogP contribution in [0.15, 0.2) is 22.8 Å². The standard InChI is InChI=1S/C11H14ClN3O/c1-13-6-5-8-10(12)14-11(15(8)2)9-4-3-7-16-9/h3-4,7,13H,5-6H2,1-2H3. The van der Waals surface area contributed by atoms with Crippen LogP contribution < -0.4 is 5.32 Å². The smallest absolute Gasteiger partial charge is 0.177 e. The molecule has 0 fully saturated rings. The molecule has 0 unspecified atom stereocenters. The molecule has 2 aromatic heterocycles. The van der Waals surface area contributed by atoms with Crippen LogP contribution in [-0.4, -0.2) is 23.1 Å². The number of halogens is 1. The molecular weight excluding hydrogens is 226 g/mol. The Morgan fingerprint density at radius 2 is 2.38 bits per heavy atom. The summed E-state index contributed by atoms with van der Waals surface area (Å²) in [7, 11) is 3.86. The van der Waals surface area contributed by atoms with Gasteiger partial charge in [-0.1, -0.05) is 11.6 Å². The molecule has 2 rings (SSSR count). The zero-order chi connectivity index (χ0) is 11.5. The van der Waals surface area contributed by atoms with Gasteiger partial charge in [0.15, 0.2) is 16.7 Å². The molecular formula is C11H14ClN3O. The summed E-state index contributed by atoms with van der Waals surface area (Å²) < 4.78 is 7.29. The van der Waals surface area contributed by atoms with Crippen LogP contribution in [0.1, 0.15) is 5.69 Å². The van der Waals surface area contributed by atoms with E-state index in [0.29, 0.717) is 5.15 Å². The lowest BCUT2D eigenvalue weighted by molar-refractivity contribution is 0.573. The van der Waals surface area contributed by atoms with Crippen molar-refractivity contribution in [2.75, 3.05) is 13.6 Å². The molecule has 0 aliphatic rings. The Morgan fingerprint density at radius 1 is 1.56 bits per heavy atom. The van der Waals surface area contributed by atoms with Crippen molar-refractivity contribution in [3.63, 3.8) is 0 Å². The summed E-state index contributed by atoms with van der Waals surface area (Å²) in [6.45, 7) is 0.872. The van der Waals surface area contributed by atoms with Gasteiger partial charge in [-0.05, 0) is 19.2 Å². The van der Waals surface area contributed by atoms with Crippen molar-refractivity contribution in [1.29, 1.82) is 0 Å². The Balaban J connectivity index is 2.35. The predicted molar refractivity (Wildman–Crippen MR) is 63.6 cm³/mol. The Labute approximate surface area is 99.2 Å². The van der Waals surface area contributed by atoms with Crippen molar-refractivity contribution in [3.8, 4) is 11.6 Å². The normalized spacial score (nSPS) is 10.9. The Bertz CT molecular complexity index is 462. The van der Waals surface area contributed by atoms with Gasteiger partial charge in [0.05, 0.1) is 12.0 Å². The summed E-state index contributed by atoms with van der Waals surface area (Å²) in [5, 5.41) is 3.64. The number of imidazole rings is 1. The van der Waals surface area contributed by atoms with Gasteiger partial charge in [-0.25, -0.2) is 4.98 Å². The fourth-order valence-electron chi connectivity index (χ4n) is 1.64. The predicted octanol–water partition coefficient (Wildman–Crippen LogP) is 2.10. The summed E-state index contributed by atoms with van der Waals surface area (Å²) in [5.74, 6) is 1.50. The maximum absolute atomic E-state index is 6.10. The van der Waals surface area contributed by atoms with E-state index in [1.54, 1.807) is 6.26 Å². The molecule has 2 heterocycles. The van der Waals surface area contributed by atoms with Crippen LogP contribution in [0, 0.1) is 0 Å². The second-order valence-electron chi connectivity index (χ2n) is 3.56. The van der Waals surface area contributed by atoms with Crippen LogP contribution in [0.5, 0.6) is 0 Å². The van der Waals surface area contributed by atoms with E-state index in [1.165, 1.54) is 0 Å². The Morgan fingerprint density at radius 3 is 3.00 bits per heavy atom. The van der Waals surface area contributed by atoms with Crippen molar-refractivity contribution in [1.82, 2.24) is 14.9 Å². The van der Waals surface area contributed by atoms with Gasteiger partial charge < -0.3 is 14.3 Å². The molecule has 4 nitrogen and oxygen atoms in total. The van der Waals surface area contributed by atoms with E-state index in [4.69, 9.17) is 16.0 Å². The molecule has 2 aromatic rings. The van der Waals surface area contributed by atoms with Crippen LogP contribution in [-0.2, 0) is 13.5 Å². The summed E-state index contributed by atoms with van der Waals surface area (Å²) in [6, 6.07) is 3.71. The molecule has 0 aromatic carbocycles. The summed E-state index contributed by atoms with van der Waals surface area (Å²) in [4.78, 5) is 4.31. The minimum Gasteiger partial charge on any atom is -0.461 e. The minimum atomic E-state index is 0.546. The summed E-state index contributed by atoms with van der Waals surface area (Å²) >= 11 is 6.10. The fraction of sp³-hybridized carbons (Fsp3) is 0.364. The third-order valence-corrected chi connectivity index (χ3v) is 2.82. The highest BCUT2D eigenvalue weighted by molar-refractivity contribution is 6.30. The summed E-state index contributed by atoms with van der Waals surface area (Å²) in [5.41, 5.74) is 1.02. The lowest BCUT2D eigenvalue weighted by atomic mass is 10.3. The number of hydrogen-bond donors (Lipinski definition) is 1. The molecule has 1 N–H and O–H groups in total. The van der Waals surface area contributed by atoms with Crippen molar-refractivity contribution in [2.45, 2.75) is 6.42 Å². The first-order chi connectivity index (χ1) is 7.74. The van der Waals surface area contributed by atoms with E-state index in [2.05, 4.69) is 10.3 Å². The number of aromatic nitrogens is 2. The maximum atomic E-state index is 6.10. The van der Waals surface area contributed by atoms with Gasteiger partial charge in [-0.3, -0.25) is 0 Å². The van der Waals surface area contributed by atoms with Crippen LogP contribution in [0.3, 0.4) is 0 Å². The van der Waals surface area contributed by atoms with Crippen molar-refractivity contribution in [3.05, 3.63) is 29.2 Å². The van der Waals surface area contributed by atoms with Gasteiger partial charge >= 0.3 is 0 Å². The molecule has 0 aliphatic heterocycles. The number of nitrogens with one attached hydrogen (secondary N) is 1. The second-order valence-corrected chi connectivity index (χ2v) is 3.92. The monoisotopic (exact) mass is 239 g/mol. The van der Waals surface area contributed by atoms with Gasteiger partial charge in [-0.15, -0.1) is 0 Å². The van der Waals surface area contributed by atoms with Gasteiger partial charge in [-0.2, -0.15) is 0 Å². The molecule has 16 heavy (non-hydrogen) atoms. The molecule has 0 radical (unpaired) electrons. The first-order valence-corrected chi connectivity index (χ1v) is 5.51. The molecule has 86 valence electrons. The zero-order valence-corrected chi connectivity index (χ0v) is 10.1. The lowest BCUT2D eigenvalue weighted by Gasteiger charge is -2.04. The first-order valence-electron chi connectivity index (χ1n) is 5.13. The quantitative estimate of drug-likeness (QED) is 0.889. The van der Waals surface area contributed by atoms with E-state index in [9.17, 15) is 0 Å². The second kappa shape index (κ2) is 4.72. The number of likely N-dealkylation sites (N-methyl/N-ethyl adjacent to an activating group) is 1. The largest absolute Gasteiger partial charge is 0.461 e. The molecule has 0 atom stereocenters. The Kier molecular flexibility index (Phi) is 3.31.